The number of fused-ring (bicyclic) bond motifs is 1. The topological polar surface area (TPSA) is 127 Å². The van der Waals surface area contributed by atoms with Crippen molar-refractivity contribution in [2.24, 2.45) is 5.41 Å². The van der Waals surface area contributed by atoms with E-state index in [4.69, 9.17) is 4.98 Å². The number of carbonyl (C=O) groups excluding carboxylic acids is 2. The van der Waals surface area contributed by atoms with Gasteiger partial charge < -0.3 is 16.0 Å². The van der Waals surface area contributed by atoms with E-state index in [1.165, 1.54) is 11.3 Å². The van der Waals surface area contributed by atoms with Crippen LogP contribution >= 0.6 is 27.3 Å². The molecule has 0 unspecified atom stereocenters. The summed E-state index contributed by atoms with van der Waals surface area (Å²) >= 11 is 4.86. The first-order chi connectivity index (χ1) is 16.9. The number of nitrogens with one attached hydrogen (secondary N) is 3. The standard InChI is InChI=1S/C23H23BrN8O2S/c1-23(21(34)25-2)7-6-14(9-23)29-22-26-10-16-18(24)31-32(19(16)30-22)15-5-3-4-13(8-15)28-20(33)17-11-35-12-27-17/h3-5,8,10-12,14H,6-7,9H2,1-2H3,(H,25,34)(H,28,33)(H,26,29,30)/t14-,23-/m1/s1. The lowest BCUT2D eigenvalue weighted by molar-refractivity contribution is -0.129. The van der Waals surface area contributed by atoms with Crippen LogP contribution in [0.4, 0.5) is 11.6 Å². The van der Waals surface area contributed by atoms with Crippen molar-refractivity contribution in [3.8, 4) is 5.69 Å². The largest absolute Gasteiger partial charge is 0.359 e. The molecule has 0 radical (unpaired) electrons. The van der Waals surface area contributed by atoms with Crippen LogP contribution in [-0.4, -0.2) is 49.6 Å². The van der Waals surface area contributed by atoms with Gasteiger partial charge in [-0.25, -0.2) is 14.6 Å². The van der Waals surface area contributed by atoms with Crippen molar-refractivity contribution in [2.75, 3.05) is 17.7 Å². The maximum Gasteiger partial charge on any atom is 0.275 e. The van der Waals surface area contributed by atoms with Gasteiger partial charge in [0.15, 0.2) is 5.65 Å². The number of aromatic nitrogens is 5. The lowest BCUT2D eigenvalue weighted by atomic mass is 9.87. The molecule has 5 rings (SSSR count). The second-order valence-electron chi connectivity index (χ2n) is 8.74. The summed E-state index contributed by atoms with van der Waals surface area (Å²) in [4.78, 5) is 37.9. The number of hydrogen-bond acceptors (Lipinski definition) is 8. The van der Waals surface area contributed by atoms with E-state index in [1.807, 2.05) is 25.1 Å². The van der Waals surface area contributed by atoms with E-state index >= 15 is 0 Å². The number of benzene rings is 1. The molecular formula is C23H23BrN8O2S. The van der Waals surface area contributed by atoms with Gasteiger partial charge in [-0.3, -0.25) is 9.59 Å². The molecule has 0 saturated heterocycles. The minimum absolute atomic E-state index is 0.0573. The second-order valence-corrected chi connectivity index (χ2v) is 10.2. The normalized spacial score (nSPS) is 19.6. The van der Waals surface area contributed by atoms with Gasteiger partial charge in [0.05, 0.1) is 16.6 Å². The maximum absolute atomic E-state index is 12.4. The summed E-state index contributed by atoms with van der Waals surface area (Å²) in [5, 5.41) is 16.1. The smallest absolute Gasteiger partial charge is 0.275 e. The molecule has 4 aromatic rings. The molecule has 1 aromatic carbocycles. The summed E-state index contributed by atoms with van der Waals surface area (Å²) in [5.41, 5.74) is 3.56. The molecule has 1 saturated carbocycles. The van der Waals surface area contributed by atoms with E-state index in [1.54, 1.807) is 34.9 Å². The summed E-state index contributed by atoms with van der Waals surface area (Å²) < 4.78 is 2.32. The van der Waals surface area contributed by atoms with Crippen LogP contribution in [0.2, 0.25) is 0 Å². The molecule has 35 heavy (non-hydrogen) atoms. The zero-order valence-electron chi connectivity index (χ0n) is 19.1. The van der Waals surface area contributed by atoms with Crippen molar-refractivity contribution in [2.45, 2.75) is 32.2 Å². The van der Waals surface area contributed by atoms with Gasteiger partial charge in [-0.05, 0) is 53.4 Å². The molecule has 1 aliphatic rings. The number of carbonyl (C=O) groups is 2. The molecule has 180 valence electrons. The molecule has 10 nitrogen and oxygen atoms in total. The van der Waals surface area contributed by atoms with Gasteiger partial charge in [-0.2, -0.15) is 10.1 Å². The van der Waals surface area contributed by atoms with Gasteiger partial charge in [0.25, 0.3) is 5.91 Å². The van der Waals surface area contributed by atoms with Crippen LogP contribution in [0.15, 0.2) is 46.0 Å². The van der Waals surface area contributed by atoms with Crippen molar-refractivity contribution in [3.63, 3.8) is 0 Å². The zero-order chi connectivity index (χ0) is 24.6. The molecule has 1 aliphatic carbocycles. The fourth-order valence-electron chi connectivity index (χ4n) is 4.41. The fraction of sp³-hybridized carbons (Fsp3) is 0.304. The first kappa shape index (κ1) is 23.4. The predicted octanol–water partition coefficient (Wildman–Crippen LogP) is 4.00. The van der Waals surface area contributed by atoms with Crippen LogP contribution in [0.25, 0.3) is 16.7 Å². The number of amides is 2. The molecule has 0 spiro atoms. The Kier molecular flexibility index (Phi) is 6.24. The van der Waals surface area contributed by atoms with Crippen LogP contribution in [0.5, 0.6) is 0 Å². The minimum atomic E-state index is -0.398. The van der Waals surface area contributed by atoms with E-state index in [0.29, 0.717) is 34.0 Å². The SMILES string of the molecule is CNC(=O)[C@]1(C)CC[C@@H](Nc2ncc3c(Br)nn(-c4cccc(NC(=O)c5cscn5)c4)c3n2)C1. The number of hydrogen-bond donors (Lipinski definition) is 3. The number of thiazole rings is 1. The third kappa shape index (κ3) is 4.63. The van der Waals surface area contributed by atoms with Crippen molar-refractivity contribution in [1.29, 1.82) is 0 Å². The third-order valence-corrected chi connectivity index (χ3v) is 7.42. The highest BCUT2D eigenvalue weighted by atomic mass is 79.9. The Hall–Kier alpha value is -3.38. The van der Waals surface area contributed by atoms with Crippen molar-refractivity contribution in [1.82, 2.24) is 30.0 Å². The Bertz CT molecular complexity index is 1410. The number of anilines is 2. The van der Waals surface area contributed by atoms with Gasteiger partial charge >= 0.3 is 0 Å². The monoisotopic (exact) mass is 554 g/mol. The minimum Gasteiger partial charge on any atom is -0.359 e. The predicted molar refractivity (Wildman–Crippen MR) is 138 cm³/mol. The fourth-order valence-corrected chi connectivity index (χ4v) is 5.38. The first-order valence-electron chi connectivity index (χ1n) is 11.1. The Morgan fingerprint density at radius 3 is 2.91 bits per heavy atom. The average Bonchev–Trinajstić information content (AvgIpc) is 3.59. The van der Waals surface area contributed by atoms with Crippen LogP contribution in [0, 0.1) is 5.41 Å². The summed E-state index contributed by atoms with van der Waals surface area (Å²) in [6.07, 6.45) is 4.08. The second kappa shape index (κ2) is 9.34. The van der Waals surface area contributed by atoms with E-state index in [2.05, 4.69) is 46.9 Å². The van der Waals surface area contributed by atoms with Gasteiger partial charge in [0, 0.05) is 35.8 Å². The molecular weight excluding hydrogens is 532 g/mol. The van der Waals surface area contributed by atoms with Gasteiger partial charge in [-0.1, -0.05) is 13.0 Å². The van der Waals surface area contributed by atoms with E-state index in [9.17, 15) is 9.59 Å². The molecule has 12 heteroatoms. The Morgan fingerprint density at radius 2 is 2.14 bits per heavy atom. The summed E-state index contributed by atoms with van der Waals surface area (Å²) in [7, 11) is 1.67. The van der Waals surface area contributed by atoms with E-state index in [0.717, 1.165) is 23.9 Å². The van der Waals surface area contributed by atoms with Crippen molar-refractivity contribution >= 4 is 61.8 Å². The van der Waals surface area contributed by atoms with Gasteiger partial charge in [-0.15, -0.1) is 11.3 Å². The van der Waals surface area contributed by atoms with Crippen molar-refractivity contribution in [3.05, 3.63) is 51.7 Å². The highest BCUT2D eigenvalue weighted by molar-refractivity contribution is 9.10. The highest BCUT2D eigenvalue weighted by Crippen LogP contribution is 2.39. The van der Waals surface area contributed by atoms with Gasteiger partial charge in [0.1, 0.15) is 10.3 Å². The molecule has 3 heterocycles. The summed E-state index contributed by atoms with van der Waals surface area (Å²) in [6.45, 7) is 1.99. The average molecular weight is 555 g/mol. The first-order valence-corrected chi connectivity index (χ1v) is 12.8. The molecule has 0 bridgehead atoms. The molecule has 2 atom stereocenters. The quantitative estimate of drug-likeness (QED) is 0.328. The van der Waals surface area contributed by atoms with E-state index < -0.39 is 5.41 Å². The lowest BCUT2D eigenvalue weighted by Crippen LogP contribution is -2.35. The lowest BCUT2D eigenvalue weighted by Gasteiger charge is -2.22. The number of rotatable bonds is 6. The molecule has 2 amide bonds. The number of nitrogens with zero attached hydrogens (tertiary/aromatic N) is 5. The van der Waals surface area contributed by atoms with Crippen LogP contribution in [-0.2, 0) is 4.79 Å². The highest BCUT2D eigenvalue weighted by Gasteiger charge is 2.41. The zero-order valence-corrected chi connectivity index (χ0v) is 21.5. The Morgan fingerprint density at radius 1 is 1.29 bits per heavy atom. The maximum atomic E-state index is 12.4. The summed E-state index contributed by atoms with van der Waals surface area (Å²) in [6, 6.07) is 7.45. The molecule has 0 aliphatic heterocycles. The number of halogens is 1. The third-order valence-electron chi connectivity index (χ3n) is 6.24. The Labute approximate surface area is 213 Å². The molecule has 3 aromatic heterocycles. The van der Waals surface area contributed by atoms with Gasteiger partial charge in [0.2, 0.25) is 11.9 Å². The van der Waals surface area contributed by atoms with Crippen LogP contribution < -0.4 is 16.0 Å². The van der Waals surface area contributed by atoms with E-state index in [-0.39, 0.29) is 17.9 Å². The Balaban J connectivity index is 1.40. The van der Waals surface area contributed by atoms with Crippen molar-refractivity contribution < 1.29 is 9.59 Å². The molecule has 1 fully saturated rings. The molecule has 3 N–H and O–H groups in total. The van der Waals surface area contributed by atoms with Crippen LogP contribution in [0.1, 0.15) is 36.7 Å². The van der Waals surface area contributed by atoms with Crippen LogP contribution in [0.3, 0.4) is 0 Å². The summed E-state index contributed by atoms with van der Waals surface area (Å²) in [5.74, 6) is 0.260.